The van der Waals surface area contributed by atoms with Gasteiger partial charge in [0.25, 0.3) is 0 Å². The summed E-state index contributed by atoms with van der Waals surface area (Å²) in [6.45, 7) is 5.30. The van der Waals surface area contributed by atoms with E-state index in [2.05, 4.69) is 9.88 Å². The number of carboxylic acid groups (broad SMARTS) is 1. The normalized spacial score (nSPS) is 20.6. The second kappa shape index (κ2) is 5.57. The Morgan fingerprint density at radius 1 is 1.58 bits per heavy atom. The van der Waals surface area contributed by atoms with Crippen LogP contribution in [0.1, 0.15) is 36.3 Å². The van der Waals surface area contributed by atoms with Gasteiger partial charge in [-0.05, 0) is 31.9 Å². The van der Waals surface area contributed by atoms with Crippen LogP contribution in [0.25, 0.3) is 0 Å². The van der Waals surface area contributed by atoms with E-state index in [4.69, 9.17) is 5.11 Å². The molecule has 19 heavy (non-hydrogen) atoms. The number of carboxylic acids is 1. The summed E-state index contributed by atoms with van der Waals surface area (Å²) in [5.41, 5.74) is 1.07. The highest BCUT2D eigenvalue weighted by molar-refractivity contribution is 5.88. The van der Waals surface area contributed by atoms with E-state index in [-0.39, 0.29) is 17.6 Å². The van der Waals surface area contributed by atoms with Gasteiger partial charge >= 0.3 is 5.97 Å². The fourth-order valence-corrected chi connectivity index (χ4v) is 2.43. The topological polar surface area (TPSA) is 73.7 Å². The van der Waals surface area contributed by atoms with E-state index in [9.17, 15) is 9.90 Å². The van der Waals surface area contributed by atoms with Gasteiger partial charge in [-0.3, -0.25) is 0 Å². The number of hydrogen-bond acceptors (Lipinski definition) is 4. The predicted octanol–water partition coefficient (Wildman–Crippen LogP) is 1.55. The van der Waals surface area contributed by atoms with Crippen LogP contribution in [0, 0.1) is 5.92 Å². The molecule has 2 atom stereocenters. The molecule has 0 radical (unpaired) electrons. The Hall–Kier alpha value is -1.62. The van der Waals surface area contributed by atoms with Crippen molar-refractivity contribution in [2.45, 2.75) is 32.8 Å². The molecule has 2 unspecified atom stereocenters. The number of hydrogen-bond donors (Lipinski definition) is 2. The number of carbonyl (C=O) groups is 1. The number of anilines is 1. The summed E-state index contributed by atoms with van der Waals surface area (Å²) < 4.78 is 0. The van der Waals surface area contributed by atoms with Crippen molar-refractivity contribution in [1.29, 1.82) is 0 Å². The van der Waals surface area contributed by atoms with Crippen molar-refractivity contribution in [3.05, 3.63) is 23.4 Å². The van der Waals surface area contributed by atoms with Crippen LogP contribution in [0.15, 0.2) is 12.1 Å². The summed E-state index contributed by atoms with van der Waals surface area (Å²) >= 11 is 0. The van der Waals surface area contributed by atoms with Gasteiger partial charge in [0.15, 0.2) is 0 Å². The molecule has 0 aromatic carbocycles. The molecule has 2 heterocycles. The Morgan fingerprint density at radius 2 is 2.32 bits per heavy atom. The van der Waals surface area contributed by atoms with Crippen LogP contribution in [-0.4, -0.2) is 40.4 Å². The number of aryl methyl sites for hydroxylation is 1. The zero-order valence-corrected chi connectivity index (χ0v) is 11.3. The van der Waals surface area contributed by atoms with Gasteiger partial charge in [-0.25, -0.2) is 9.78 Å². The molecule has 0 spiro atoms. The largest absolute Gasteiger partial charge is 0.478 e. The van der Waals surface area contributed by atoms with E-state index < -0.39 is 5.97 Å². The van der Waals surface area contributed by atoms with Gasteiger partial charge < -0.3 is 15.1 Å². The highest BCUT2D eigenvalue weighted by atomic mass is 16.4. The average molecular weight is 264 g/mol. The van der Waals surface area contributed by atoms with Crippen molar-refractivity contribution >= 4 is 11.8 Å². The van der Waals surface area contributed by atoms with E-state index >= 15 is 0 Å². The minimum atomic E-state index is -0.926. The number of pyridine rings is 1. The highest BCUT2D eigenvalue weighted by Crippen LogP contribution is 2.25. The summed E-state index contributed by atoms with van der Waals surface area (Å²) in [5, 5.41) is 18.7. The highest BCUT2D eigenvalue weighted by Gasteiger charge is 2.27. The second-order valence-corrected chi connectivity index (χ2v) is 5.10. The van der Waals surface area contributed by atoms with Crippen molar-refractivity contribution in [2.24, 2.45) is 5.92 Å². The molecule has 1 aromatic heterocycles. The molecule has 0 amide bonds. The SMILES string of the molecule is CCc1cc(C(=O)O)cc(N2CCC(C(C)O)C2)n1. The minimum Gasteiger partial charge on any atom is -0.478 e. The monoisotopic (exact) mass is 264 g/mol. The quantitative estimate of drug-likeness (QED) is 0.863. The molecule has 1 fully saturated rings. The lowest BCUT2D eigenvalue weighted by Crippen LogP contribution is -2.25. The first-order valence-corrected chi connectivity index (χ1v) is 6.68. The minimum absolute atomic E-state index is 0.236. The third-order valence-corrected chi connectivity index (χ3v) is 3.70. The van der Waals surface area contributed by atoms with E-state index in [1.54, 1.807) is 19.1 Å². The number of aliphatic hydroxyl groups excluding tert-OH is 1. The number of aliphatic hydroxyl groups is 1. The first-order chi connectivity index (χ1) is 9.01. The molecule has 1 aliphatic rings. The third kappa shape index (κ3) is 3.04. The van der Waals surface area contributed by atoms with Crippen molar-refractivity contribution in [2.75, 3.05) is 18.0 Å². The van der Waals surface area contributed by atoms with E-state index in [1.165, 1.54) is 0 Å². The van der Waals surface area contributed by atoms with Crippen LogP contribution >= 0.6 is 0 Å². The van der Waals surface area contributed by atoms with Crippen LogP contribution < -0.4 is 4.90 Å². The van der Waals surface area contributed by atoms with Crippen LogP contribution in [0.5, 0.6) is 0 Å². The Morgan fingerprint density at radius 3 is 2.84 bits per heavy atom. The Labute approximate surface area is 112 Å². The molecule has 5 nitrogen and oxygen atoms in total. The standard InChI is InChI=1S/C14H20N2O3/c1-3-12-6-11(14(18)19)7-13(15-12)16-5-4-10(8-16)9(2)17/h6-7,9-10,17H,3-5,8H2,1-2H3,(H,18,19). The number of rotatable bonds is 4. The van der Waals surface area contributed by atoms with Crippen molar-refractivity contribution < 1.29 is 15.0 Å². The molecule has 104 valence electrons. The molecular formula is C14H20N2O3. The molecule has 0 aliphatic carbocycles. The van der Waals surface area contributed by atoms with E-state index in [0.717, 1.165) is 25.2 Å². The van der Waals surface area contributed by atoms with Crippen LogP contribution in [0.3, 0.4) is 0 Å². The zero-order chi connectivity index (χ0) is 14.0. The number of nitrogens with zero attached hydrogens (tertiary/aromatic N) is 2. The maximum atomic E-state index is 11.1. The zero-order valence-electron chi connectivity index (χ0n) is 11.3. The van der Waals surface area contributed by atoms with Gasteiger partial charge in [0.05, 0.1) is 11.7 Å². The molecule has 2 rings (SSSR count). The fraction of sp³-hybridized carbons (Fsp3) is 0.571. The van der Waals surface area contributed by atoms with Crippen LogP contribution in [0.2, 0.25) is 0 Å². The third-order valence-electron chi connectivity index (χ3n) is 3.70. The fourth-order valence-electron chi connectivity index (χ4n) is 2.43. The molecule has 1 aromatic rings. The van der Waals surface area contributed by atoms with Crippen LogP contribution in [0.4, 0.5) is 5.82 Å². The van der Waals surface area contributed by atoms with Gasteiger partial charge in [0, 0.05) is 24.7 Å². The van der Waals surface area contributed by atoms with E-state index in [1.807, 2.05) is 6.92 Å². The molecule has 5 heteroatoms. The van der Waals surface area contributed by atoms with Crippen LogP contribution in [-0.2, 0) is 6.42 Å². The molecule has 1 aliphatic heterocycles. The molecular weight excluding hydrogens is 244 g/mol. The first kappa shape index (κ1) is 13.8. The number of aromatic nitrogens is 1. The first-order valence-electron chi connectivity index (χ1n) is 6.68. The second-order valence-electron chi connectivity index (χ2n) is 5.10. The van der Waals surface area contributed by atoms with Gasteiger partial charge in [0.1, 0.15) is 5.82 Å². The lowest BCUT2D eigenvalue weighted by atomic mass is 10.0. The Balaban J connectivity index is 2.25. The van der Waals surface area contributed by atoms with Gasteiger partial charge in [-0.2, -0.15) is 0 Å². The lowest BCUT2D eigenvalue weighted by molar-refractivity contribution is 0.0696. The smallest absolute Gasteiger partial charge is 0.335 e. The van der Waals surface area contributed by atoms with Crippen molar-refractivity contribution in [3.8, 4) is 0 Å². The molecule has 0 saturated carbocycles. The maximum Gasteiger partial charge on any atom is 0.335 e. The Kier molecular flexibility index (Phi) is 4.04. The summed E-state index contributed by atoms with van der Waals surface area (Å²) in [4.78, 5) is 17.7. The van der Waals surface area contributed by atoms with E-state index in [0.29, 0.717) is 12.2 Å². The Bertz CT molecular complexity index is 474. The summed E-state index contributed by atoms with van der Waals surface area (Å²) in [6.07, 6.45) is 1.29. The van der Waals surface area contributed by atoms with Crippen molar-refractivity contribution in [3.63, 3.8) is 0 Å². The summed E-state index contributed by atoms with van der Waals surface area (Å²) in [7, 11) is 0. The molecule has 2 N–H and O–H groups in total. The average Bonchev–Trinajstić information content (AvgIpc) is 2.87. The number of aromatic carboxylic acids is 1. The predicted molar refractivity (Wildman–Crippen MR) is 72.6 cm³/mol. The lowest BCUT2D eigenvalue weighted by Gasteiger charge is -2.19. The summed E-state index contributed by atoms with van der Waals surface area (Å²) in [5.74, 6) is 0.0184. The van der Waals surface area contributed by atoms with Crippen molar-refractivity contribution in [1.82, 2.24) is 4.98 Å². The maximum absolute atomic E-state index is 11.1. The molecule has 1 saturated heterocycles. The van der Waals surface area contributed by atoms with Gasteiger partial charge in [-0.15, -0.1) is 0 Å². The summed E-state index contributed by atoms with van der Waals surface area (Å²) in [6, 6.07) is 3.24. The molecule has 0 bridgehead atoms. The van der Waals surface area contributed by atoms with Gasteiger partial charge in [0.2, 0.25) is 0 Å². The van der Waals surface area contributed by atoms with Gasteiger partial charge in [-0.1, -0.05) is 6.92 Å².